The van der Waals surface area contributed by atoms with Crippen molar-refractivity contribution in [2.24, 2.45) is 5.73 Å². The minimum atomic E-state index is -0.259. The molecule has 1 aromatic carbocycles. The molecule has 0 saturated carbocycles. The Balaban J connectivity index is 1.99. The standard InChI is InChI=1S/C15H17FN2OS/c1-9-13-11(16)5-2-6-12(13)20-14(9)15(19)18-7-3-4-10(17)8-18/h2,5-6,10H,3-4,7-8,17H2,1H3. The number of nitrogens with two attached hydrogens (primary N) is 1. The van der Waals surface area contributed by atoms with E-state index in [1.165, 1.54) is 17.4 Å². The molecule has 1 atom stereocenters. The molecule has 106 valence electrons. The van der Waals surface area contributed by atoms with Crippen LogP contribution in [-0.4, -0.2) is 29.9 Å². The van der Waals surface area contributed by atoms with E-state index in [1.54, 1.807) is 11.0 Å². The average molecular weight is 292 g/mol. The SMILES string of the molecule is Cc1c(C(=O)N2CCCC(N)C2)sc2cccc(F)c12. The molecular formula is C15H17FN2OS. The van der Waals surface area contributed by atoms with Gasteiger partial charge in [0.05, 0.1) is 4.88 Å². The Labute approximate surface area is 121 Å². The van der Waals surface area contributed by atoms with Crippen molar-refractivity contribution in [2.45, 2.75) is 25.8 Å². The van der Waals surface area contributed by atoms with Gasteiger partial charge in [0.25, 0.3) is 5.91 Å². The summed E-state index contributed by atoms with van der Waals surface area (Å²) in [6.07, 6.45) is 1.90. The van der Waals surface area contributed by atoms with Crippen LogP contribution in [0.2, 0.25) is 0 Å². The Hall–Kier alpha value is -1.46. The normalized spacial score (nSPS) is 19.6. The van der Waals surface area contributed by atoms with E-state index < -0.39 is 0 Å². The van der Waals surface area contributed by atoms with Crippen molar-refractivity contribution in [3.63, 3.8) is 0 Å². The van der Waals surface area contributed by atoms with E-state index in [1.807, 2.05) is 13.0 Å². The first-order valence-corrected chi connectivity index (χ1v) is 7.62. The minimum absolute atomic E-state index is 0.0155. The molecule has 3 rings (SSSR count). The summed E-state index contributed by atoms with van der Waals surface area (Å²) in [6, 6.07) is 5.03. The molecule has 1 unspecified atom stereocenters. The van der Waals surface area contributed by atoms with E-state index in [0.29, 0.717) is 16.8 Å². The second kappa shape index (κ2) is 5.14. The molecule has 1 amide bonds. The van der Waals surface area contributed by atoms with Crippen LogP contribution in [0.15, 0.2) is 18.2 Å². The zero-order valence-corrected chi connectivity index (χ0v) is 12.2. The average Bonchev–Trinajstić information content (AvgIpc) is 2.76. The fourth-order valence-corrected chi connectivity index (χ4v) is 3.99. The molecule has 0 bridgehead atoms. The highest BCUT2D eigenvalue weighted by Gasteiger charge is 2.26. The van der Waals surface area contributed by atoms with Crippen LogP contribution < -0.4 is 5.73 Å². The number of amides is 1. The second-order valence-corrected chi connectivity index (χ2v) is 6.37. The Kier molecular flexibility index (Phi) is 3.48. The van der Waals surface area contributed by atoms with Gasteiger partial charge in [0.1, 0.15) is 5.82 Å². The molecule has 2 N–H and O–H groups in total. The number of piperidine rings is 1. The predicted molar refractivity (Wildman–Crippen MR) is 79.6 cm³/mol. The summed E-state index contributed by atoms with van der Waals surface area (Å²) in [7, 11) is 0. The summed E-state index contributed by atoms with van der Waals surface area (Å²) in [4.78, 5) is 15.0. The second-order valence-electron chi connectivity index (χ2n) is 5.32. The number of carbonyl (C=O) groups is 1. The van der Waals surface area contributed by atoms with E-state index in [0.717, 1.165) is 29.6 Å². The lowest BCUT2D eigenvalue weighted by Crippen LogP contribution is -2.45. The number of halogens is 1. The molecule has 2 aromatic rings. The summed E-state index contributed by atoms with van der Waals surface area (Å²) in [5.74, 6) is -0.274. The monoisotopic (exact) mass is 292 g/mol. The van der Waals surface area contributed by atoms with Crippen LogP contribution in [0.3, 0.4) is 0 Å². The molecule has 0 spiro atoms. The smallest absolute Gasteiger partial charge is 0.264 e. The molecule has 1 aliphatic rings. The Bertz CT molecular complexity index is 667. The van der Waals surface area contributed by atoms with Gasteiger partial charge in [-0.05, 0) is 37.5 Å². The maximum absolute atomic E-state index is 13.9. The summed E-state index contributed by atoms with van der Waals surface area (Å²) < 4.78 is 14.7. The zero-order chi connectivity index (χ0) is 14.3. The van der Waals surface area contributed by atoms with E-state index >= 15 is 0 Å². The van der Waals surface area contributed by atoms with Gasteiger partial charge in [0.2, 0.25) is 0 Å². The number of carbonyl (C=O) groups excluding carboxylic acids is 1. The zero-order valence-electron chi connectivity index (χ0n) is 11.4. The number of hydrogen-bond donors (Lipinski definition) is 1. The molecule has 3 nitrogen and oxygen atoms in total. The molecule has 0 radical (unpaired) electrons. The van der Waals surface area contributed by atoms with Crippen LogP contribution in [0.25, 0.3) is 10.1 Å². The molecule has 5 heteroatoms. The van der Waals surface area contributed by atoms with Gasteiger partial charge in [-0.2, -0.15) is 0 Å². The van der Waals surface area contributed by atoms with E-state index in [-0.39, 0.29) is 17.8 Å². The highest BCUT2D eigenvalue weighted by Crippen LogP contribution is 2.33. The minimum Gasteiger partial charge on any atom is -0.336 e. The lowest BCUT2D eigenvalue weighted by Gasteiger charge is -2.30. The number of rotatable bonds is 1. The number of likely N-dealkylation sites (tertiary alicyclic amines) is 1. The lowest BCUT2D eigenvalue weighted by molar-refractivity contribution is 0.0713. The van der Waals surface area contributed by atoms with Crippen LogP contribution in [0.1, 0.15) is 28.1 Å². The fourth-order valence-electron chi connectivity index (χ4n) is 2.80. The first-order valence-electron chi connectivity index (χ1n) is 6.80. The quantitative estimate of drug-likeness (QED) is 0.878. The van der Waals surface area contributed by atoms with Gasteiger partial charge >= 0.3 is 0 Å². The van der Waals surface area contributed by atoms with Crippen molar-refractivity contribution in [1.29, 1.82) is 0 Å². The first kappa shape index (κ1) is 13.5. The summed E-state index contributed by atoms with van der Waals surface area (Å²) in [5.41, 5.74) is 6.67. The van der Waals surface area contributed by atoms with Crippen LogP contribution in [0.4, 0.5) is 4.39 Å². The van der Waals surface area contributed by atoms with Gasteiger partial charge < -0.3 is 10.6 Å². The maximum Gasteiger partial charge on any atom is 0.264 e. The van der Waals surface area contributed by atoms with Gasteiger partial charge in [-0.15, -0.1) is 11.3 Å². The number of thiophene rings is 1. The molecule has 1 aliphatic heterocycles. The number of aryl methyl sites for hydroxylation is 1. The summed E-state index contributed by atoms with van der Waals surface area (Å²) in [6.45, 7) is 3.15. The number of fused-ring (bicyclic) bond motifs is 1. The van der Waals surface area contributed by atoms with Crippen molar-refractivity contribution >= 4 is 27.3 Å². The van der Waals surface area contributed by atoms with Crippen LogP contribution in [0.5, 0.6) is 0 Å². The van der Waals surface area contributed by atoms with Crippen LogP contribution in [-0.2, 0) is 0 Å². The fraction of sp³-hybridized carbons (Fsp3) is 0.400. The summed E-state index contributed by atoms with van der Waals surface area (Å²) >= 11 is 1.37. The van der Waals surface area contributed by atoms with Crippen LogP contribution in [0, 0.1) is 12.7 Å². The van der Waals surface area contributed by atoms with Gasteiger partial charge in [0, 0.05) is 29.2 Å². The third kappa shape index (κ3) is 2.21. The lowest BCUT2D eigenvalue weighted by atomic mass is 10.1. The highest BCUT2D eigenvalue weighted by atomic mass is 32.1. The van der Waals surface area contributed by atoms with Gasteiger partial charge in [0.15, 0.2) is 0 Å². The third-order valence-corrected chi connectivity index (χ3v) is 5.09. The summed E-state index contributed by atoms with van der Waals surface area (Å²) in [5, 5.41) is 0.571. The molecule has 1 fully saturated rings. The van der Waals surface area contributed by atoms with Gasteiger partial charge in [-0.25, -0.2) is 4.39 Å². The molecule has 2 heterocycles. The first-order chi connectivity index (χ1) is 9.58. The molecule has 1 aromatic heterocycles. The van der Waals surface area contributed by atoms with Crippen LogP contribution >= 0.6 is 11.3 Å². The molecule has 1 saturated heterocycles. The number of benzene rings is 1. The Morgan fingerprint density at radius 2 is 2.30 bits per heavy atom. The number of nitrogens with zero attached hydrogens (tertiary/aromatic N) is 1. The number of hydrogen-bond acceptors (Lipinski definition) is 3. The highest BCUT2D eigenvalue weighted by molar-refractivity contribution is 7.21. The van der Waals surface area contributed by atoms with Crippen molar-refractivity contribution in [3.8, 4) is 0 Å². The predicted octanol–water partition coefficient (Wildman–Crippen LogP) is 2.91. The van der Waals surface area contributed by atoms with Crippen molar-refractivity contribution in [3.05, 3.63) is 34.5 Å². The Morgan fingerprint density at radius 3 is 3.00 bits per heavy atom. The van der Waals surface area contributed by atoms with Crippen molar-refractivity contribution < 1.29 is 9.18 Å². The topological polar surface area (TPSA) is 46.3 Å². The maximum atomic E-state index is 13.9. The van der Waals surface area contributed by atoms with E-state index in [9.17, 15) is 9.18 Å². The third-order valence-electron chi connectivity index (χ3n) is 3.84. The van der Waals surface area contributed by atoms with Crippen molar-refractivity contribution in [1.82, 2.24) is 4.90 Å². The largest absolute Gasteiger partial charge is 0.336 e. The Morgan fingerprint density at radius 1 is 1.50 bits per heavy atom. The molecule has 0 aliphatic carbocycles. The molecular weight excluding hydrogens is 275 g/mol. The molecule has 20 heavy (non-hydrogen) atoms. The van der Waals surface area contributed by atoms with Gasteiger partial charge in [-0.3, -0.25) is 4.79 Å². The van der Waals surface area contributed by atoms with E-state index in [2.05, 4.69) is 0 Å². The van der Waals surface area contributed by atoms with E-state index in [4.69, 9.17) is 5.73 Å². The van der Waals surface area contributed by atoms with Crippen molar-refractivity contribution in [2.75, 3.05) is 13.1 Å². The van der Waals surface area contributed by atoms with Gasteiger partial charge in [-0.1, -0.05) is 6.07 Å².